The van der Waals surface area contributed by atoms with Gasteiger partial charge in [-0.3, -0.25) is 0 Å². The fourth-order valence-electron chi connectivity index (χ4n) is 2.23. The second-order valence-corrected chi connectivity index (χ2v) is 8.56. The highest BCUT2D eigenvalue weighted by Crippen LogP contribution is 2.23. The quantitative estimate of drug-likeness (QED) is 0.330. The third kappa shape index (κ3) is 7.77. The molecule has 0 spiro atoms. The average Bonchev–Trinajstić information content (AvgIpc) is 3.21. The third-order valence-electron chi connectivity index (χ3n) is 3.86. The Balaban J connectivity index is 0.00000364. The molecule has 0 aliphatic heterocycles. The molecule has 2 rings (SSSR count). The highest BCUT2D eigenvalue weighted by molar-refractivity contribution is 14.0. The highest BCUT2D eigenvalue weighted by atomic mass is 127. The van der Waals surface area contributed by atoms with Crippen molar-refractivity contribution in [2.24, 2.45) is 4.99 Å². The van der Waals surface area contributed by atoms with Crippen molar-refractivity contribution in [3.63, 3.8) is 0 Å². The molecule has 0 radical (unpaired) electrons. The van der Waals surface area contributed by atoms with Gasteiger partial charge in [-0.05, 0) is 12.8 Å². The number of nitrogens with one attached hydrogen (secondary N) is 2. The summed E-state index contributed by atoms with van der Waals surface area (Å²) < 4.78 is 5.34. The standard InChI is InChI=1S/C19H31N5OS.HI/c1-7-20-18(22-11-14-10-15(13(2)3)24-25-14)21-9-8-17-23-16(12-26-17)19(4,5)6;/h10,12-13H,7-9,11H2,1-6H3,(H2,20,21,22);1H. The molecule has 0 unspecified atom stereocenters. The zero-order valence-electron chi connectivity index (χ0n) is 17.1. The van der Waals surface area contributed by atoms with Gasteiger partial charge in [-0.15, -0.1) is 35.3 Å². The fraction of sp³-hybridized carbons (Fsp3) is 0.632. The summed E-state index contributed by atoms with van der Waals surface area (Å²) in [6.07, 6.45) is 0.880. The van der Waals surface area contributed by atoms with E-state index in [0.29, 0.717) is 12.5 Å². The number of rotatable bonds is 7. The Morgan fingerprint density at radius 3 is 2.59 bits per heavy atom. The molecule has 2 N–H and O–H groups in total. The van der Waals surface area contributed by atoms with Crippen LogP contribution < -0.4 is 10.6 Å². The van der Waals surface area contributed by atoms with Crippen molar-refractivity contribution in [1.82, 2.24) is 20.8 Å². The van der Waals surface area contributed by atoms with Gasteiger partial charge in [-0.25, -0.2) is 9.98 Å². The first-order chi connectivity index (χ1) is 12.3. The fourth-order valence-corrected chi connectivity index (χ4v) is 3.26. The number of halogens is 1. The van der Waals surface area contributed by atoms with Gasteiger partial charge in [0.1, 0.15) is 6.54 Å². The monoisotopic (exact) mass is 505 g/mol. The van der Waals surface area contributed by atoms with E-state index in [2.05, 4.69) is 67.7 Å². The summed E-state index contributed by atoms with van der Waals surface area (Å²) in [4.78, 5) is 9.31. The number of hydrogen-bond donors (Lipinski definition) is 2. The second-order valence-electron chi connectivity index (χ2n) is 7.62. The van der Waals surface area contributed by atoms with Gasteiger partial charge in [-0.1, -0.05) is 39.8 Å². The molecule has 0 saturated heterocycles. The van der Waals surface area contributed by atoms with E-state index in [1.165, 1.54) is 0 Å². The normalized spacial score (nSPS) is 12.2. The lowest BCUT2D eigenvalue weighted by Gasteiger charge is -2.14. The molecular weight excluding hydrogens is 473 g/mol. The van der Waals surface area contributed by atoms with Gasteiger partial charge >= 0.3 is 0 Å². The largest absolute Gasteiger partial charge is 0.359 e. The van der Waals surface area contributed by atoms with Crippen LogP contribution in [0.15, 0.2) is 21.0 Å². The Kier molecular flexibility index (Phi) is 9.72. The second kappa shape index (κ2) is 11.0. The summed E-state index contributed by atoms with van der Waals surface area (Å²) in [6.45, 7) is 14.9. The number of nitrogens with zero attached hydrogens (tertiary/aromatic N) is 3. The van der Waals surface area contributed by atoms with Crippen molar-refractivity contribution in [3.05, 3.63) is 33.6 Å². The van der Waals surface area contributed by atoms with Crippen LogP contribution in [0.4, 0.5) is 0 Å². The minimum Gasteiger partial charge on any atom is -0.359 e. The smallest absolute Gasteiger partial charge is 0.191 e. The molecule has 0 bridgehead atoms. The van der Waals surface area contributed by atoms with Crippen molar-refractivity contribution >= 4 is 41.3 Å². The van der Waals surface area contributed by atoms with E-state index in [4.69, 9.17) is 9.51 Å². The van der Waals surface area contributed by atoms with E-state index in [1.807, 2.05) is 6.07 Å². The van der Waals surface area contributed by atoms with E-state index >= 15 is 0 Å². The van der Waals surface area contributed by atoms with E-state index in [1.54, 1.807) is 11.3 Å². The van der Waals surface area contributed by atoms with Crippen molar-refractivity contribution < 1.29 is 4.52 Å². The first-order valence-electron chi connectivity index (χ1n) is 9.22. The lowest BCUT2D eigenvalue weighted by atomic mass is 9.93. The summed E-state index contributed by atoms with van der Waals surface area (Å²) >= 11 is 1.72. The molecule has 2 heterocycles. The minimum atomic E-state index is 0. The zero-order valence-corrected chi connectivity index (χ0v) is 20.3. The summed E-state index contributed by atoms with van der Waals surface area (Å²) in [7, 11) is 0. The van der Waals surface area contributed by atoms with Crippen LogP contribution in [0.3, 0.4) is 0 Å². The molecule has 152 valence electrons. The maximum atomic E-state index is 5.34. The molecule has 0 amide bonds. The maximum Gasteiger partial charge on any atom is 0.191 e. The molecule has 6 nitrogen and oxygen atoms in total. The Bertz CT molecular complexity index is 718. The molecule has 27 heavy (non-hydrogen) atoms. The van der Waals surface area contributed by atoms with Crippen LogP contribution in [-0.2, 0) is 18.4 Å². The Morgan fingerprint density at radius 2 is 2.04 bits per heavy atom. The van der Waals surface area contributed by atoms with Crippen molar-refractivity contribution in [1.29, 1.82) is 0 Å². The number of hydrogen-bond acceptors (Lipinski definition) is 5. The lowest BCUT2D eigenvalue weighted by Crippen LogP contribution is -2.38. The van der Waals surface area contributed by atoms with Crippen LogP contribution in [-0.4, -0.2) is 29.2 Å². The number of guanidine groups is 1. The van der Waals surface area contributed by atoms with Crippen LogP contribution >= 0.6 is 35.3 Å². The molecule has 2 aromatic heterocycles. The lowest BCUT2D eigenvalue weighted by molar-refractivity contribution is 0.376. The predicted octanol–water partition coefficient (Wildman–Crippen LogP) is 4.47. The van der Waals surface area contributed by atoms with E-state index in [0.717, 1.165) is 47.6 Å². The van der Waals surface area contributed by atoms with Gasteiger partial charge in [0, 0.05) is 36.4 Å². The third-order valence-corrected chi connectivity index (χ3v) is 4.77. The van der Waals surface area contributed by atoms with E-state index in [-0.39, 0.29) is 29.4 Å². The van der Waals surface area contributed by atoms with Crippen molar-refractivity contribution in [2.45, 2.75) is 65.8 Å². The van der Waals surface area contributed by atoms with Gasteiger partial charge in [-0.2, -0.15) is 0 Å². The van der Waals surface area contributed by atoms with Gasteiger partial charge < -0.3 is 15.2 Å². The first-order valence-corrected chi connectivity index (χ1v) is 10.1. The van der Waals surface area contributed by atoms with E-state index < -0.39 is 0 Å². The highest BCUT2D eigenvalue weighted by Gasteiger charge is 2.17. The topological polar surface area (TPSA) is 75.3 Å². The molecule has 0 saturated carbocycles. The van der Waals surface area contributed by atoms with Gasteiger partial charge in [0.2, 0.25) is 0 Å². The summed E-state index contributed by atoms with van der Waals surface area (Å²) in [5.41, 5.74) is 2.22. The molecule has 8 heteroatoms. The minimum absolute atomic E-state index is 0. The van der Waals surface area contributed by atoms with Crippen LogP contribution in [0.2, 0.25) is 0 Å². The maximum absolute atomic E-state index is 5.34. The molecular formula is C19H32IN5OS. The molecule has 0 aromatic carbocycles. The predicted molar refractivity (Wildman–Crippen MR) is 123 cm³/mol. The number of aromatic nitrogens is 2. The molecule has 0 aliphatic rings. The molecule has 0 aliphatic carbocycles. The molecule has 0 fully saturated rings. The van der Waals surface area contributed by atoms with Crippen LogP contribution in [0.25, 0.3) is 0 Å². The Labute approximate surface area is 183 Å². The summed E-state index contributed by atoms with van der Waals surface area (Å²) in [5.74, 6) is 1.92. The number of thiazole rings is 1. The number of aliphatic imine (C=N–C) groups is 1. The van der Waals surface area contributed by atoms with Gasteiger partial charge in [0.05, 0.1) is 16.4 Å². The SMILES string of the molecule is CCNC(=NCc1cc(C(C)C)no1)NCCc1nc(C(C)(C)C)cs1.I. The summed E-state index contributed by atoms with van der Waals surface area (Å²) in [5, 5.41) is 14.0. The zero-order chi connectivity index (χ0) is 19.2. The average molecular weight is 505 g/mol. The molecule has 2 aromatic rings. The Hall–Kier alpha value is -1.16. The Morgan fingerprint density at radius 1 is 1.30 bits per heavy atom. The van der Waals surface area contributed by atoms with Gasteiger partial charge in [0.25, 0.3) is 0 Å². The van der Waals surface area contributed by atoms with Crippen molar-refractivity contribution in [3.8, 4) is 0 Å². The first kappa shape index (κ1) is 23.9. The molecule has 0 atom stereocenters. The van der Waals surface area contributed by atoms with Crippen LogP contribution in [0, 0.1) is 0 Å². The van der Waals surface area contributed by atoms with E-state index in [9.17, 15) is 0 Å². The summed E-state index contributed by atoms with van der Waals surface area (Å²) in [6, 6.07) is 1.97. The van der Waals surface area contributed by atoms with Crippen LogP contribution in [0.1, 0.15) is 69.6 Å². The van der Waals surface area contributed by atoms with Crippen LogP contribution in [0.5, 0.6) is 0 Å². The van der Waals surface area contributed by atoms with Crippen molar-refractivity contribution in [2.75, 3.05) is 13.1 Å². The van der Waals surface area contributed by atoms with Gasteiger partial charge in [0.15, 0.2) is 11.7 Å².